The molecule has 6 rings (SSSR count). The third-order valence-electron chi connectivity index (χ3n) is 7.23. The van der Waals surface area contributed by atoms with Crippen LogP contribution in [0.4, 0.5) is 23.4 Å². The van der Waals surface area contributed by atoms with E-state index in [9.17, 15) is 22.4 Å². The van der Waals surface area contributed by atoms with Gasteiger partial charge in [0.2, 0.25) is 5.91 Å². The number of hydrogen-bond donors (Lipinski definition) is 1. The number of halogens is 4. The Morgan fingerprint density at radius 2 is 1.87 bits per heavy atom. The van der Waals surface area contributed by atoms with Crippen LogP contribution < -0.4 is 5.32 Å². The van der Waals surface area contributed by atoms with Crippen molar-refractivity contribution in [2.45, 2.75) is 50.1 Å². The number of rotatable bonds is 8. The monoisotopic (exact) mass is 525 g/mol. The van der Waals surface area contributed by atoms with E-state index in [1.165, 1.54) is 36.3 Å². The fourth-order valence-corrected chi connectivity index (χ4v) is 4.72. The third kappa shape index (κ3) is 4.72. The summed E-state index contributed by atoms with van der Waals surface area (Å²) in [5.74, 6) is -0.458. The number of benzene rings is 1. The van der Waals surface area contributed by atoms with Crippen molar-refractivity contribution >= 4 is 17.4 Å². The molecule has 3 heterocycles. The number of aromatic nitrogens is 3. The van der Waals surface area contributed by atoms with Gasteiger partial charge in [-0.3, -0.25) is 9.79 Å². The first-order chi connectivity index (χ1) is 18.2. The van der Waals surface area contributed by atoms with Crippen molar-refractivity contribution in [2.24, 2.45) is 10.9 Å². The second-order valence-corrected chi connectivity index (χ2v) is 9.98. The zero-order valence-corrected chi connectivity index (χ0v) is 20.2. The minimum Gasteiger partial charge on any atom is -0.358 e. The lowest BCUT2D eigenvalue weighted by Crippen LogP contribution is -2.28. The summed E-state index contributed by atoms with van der Waals surface area (Å²) in [6, 6.07) is 5.52. The first-order valence-corrected chi connectivity index (χ1v) is 12.4. The zero-order valence-electron chi connectivity index (χ0n) is 20.2. The van der Waals surface area contributed by atoms with Crippen LogP contribution in [0, 0.1) is 11.7 Å². The van der Waals surface area contributed by atoms with Gasteiger partial charge in [-0.05, 0) is 48.4 Å². The van der Waals surface area contributed by atoms with Gasteiger partial charge >= 0.3 is 6.18 Å². The van der Waals surface area contributed by atoms with E-state index >= 15 is 0 Å². The molecule has 7 nitrogen and oxygen atoms in total. The molecular formula is C27H23F4N5O2. The summed E-state index contributed by atoms with van der Waals surface area (Å²) in [5, 5.41) is 5.90. The Kier molecular flexibility index (Phi) is 5.88. The van der Waals surface area contributed by atoms with Crippen molar-refractivity contribution in [3.8, 4) is 11.1 Å². The smallest absolute Gasteiger partial charge is 0.358 e. The van der Waals surface area contributed by atoms with E-state index in [1.807, 2.05) is 0 Å². The second-order valence-electron chi connectivity index (χ2n) is 9.98. The molecule has 1 aromatic carbocycles. The number of alkyl halides is 3. The Morgan fingerprint density at radius 3 is 2.53 bits per heavy atom. The van der Waals surface area contributed by atoms with Crippen LogP contribution in [0.5, 0.6) is 0 Å². The quantitative estimate of drug-likeness (QED) is 0.399. The molecule has 2 aliphatic carbocycles. The largest absolute Gasteiger partial charge is 0.401 e. The number of nitrogens with zero attached hydrogens (tertiary/aromatic N) is 4. The highest BCUT2D eigenvalue weighted by molar-refractivity contribution is 6.05. The summed E-state index contributed by atoms with van der Waals surface area (Å²) in [4.78, 5) is 25.8. The number of hydrogen-bond acceptors (Lipinski definition) is 6. The molecule has 0 radical (unpaired) electrons. The van der Waals surface area contributed by atoms with E-state index in [2.05, 4.69) is 31.5 Å². The maximum Gasteiger partial charge on any atom is 0.401 e. The van der Waals surface area contributed by atoms with Gasteiger partial charge in [0.1, 0.15) is 17.1 Å². The number of nitrogens with one attached hydrogen (secondary N) is 1. The van der Waals surface area contributed by atoms with E-state index in [4.69, 9.17) is 4.52 Å². The molecule has 3 aromatic rings. The van der Waals surface area contributed by atoms with Gasteiger partial charge in [0.05, 0.1) is 13.0 Å². The number of amides is 1. The molecule has 3 aliphatic rings. The minimum absolute atomic E-state index is 0.0847. The summed E-state index contributed by atoms with van der Waals surface area (Å²) in [5.41, 5.74) is 1.64. The van der Waals surface area contributed by atoms with Crippen LogP contribution in [0.3, 0.4) is 0 Å². The number of anilines is 1. The Hall–Kier alpha value is -3.89. The maximum atomic E-state index is 14.8. The number of carbonyl (C=O) groups is 1. The van der Waals surface area contributed by atoms with E-state index in [0.29, 0.717) is 35.8 Å². The standard InChI is InChI=1S/C27H23F4N5O2/c28-20-9-16(19-13-33-22(34-14-19)10-18-5-8-32-25(18)15-1-2-15)3-4-17(20)11-24(37)35-23-12-21(38-36-23)26(6-7-26)27(29,30)31/h3-5,9,12-15H,1-2,6-8,10-11H2,(H,35,36,37). The summed E-state index contributed by atoms with van der Waals surface area (Å²) in [6.45, 7) is 0.710. The zero-order chi connectivity index (χ0) is 26.5. The molecule has 2 saturated carbocycles. The summed E-state index contributed by atoms with van der Waals surface area (Å²) in [6.07, 6.45) is 3.43. The van der Waals surface area contributed by atoms with Crippen molar-refractivity contribution < 1.29 is 26.9 Å². The van der Waals surface area contributed by atoms with E-state index in [-0.39, 0.29) is 36.4 Å². The minimum atomic E-state index is -4.45. The van der Waals surface area contributed by atoms with E-state index in [0.717, 1.165) is 6.07 Å². The van der Waals surface area contributed by atoms with Crippen molar-refractivity contribution in [3.63, 3.8) is 0 Å². The fourth-order valence-electron chi connectivity index (χ4n) is 4.72. The molecule has 1 amide bonds. The molecule has 2 aromatic heterocycles. The molecule has 1 N–H and O–H groups in total. The van der Waals surface area contributed by atoms with Crippen LogP contribution >= 0.6 is 0 Å². The summed E-state index contributed by atoms with van der Waals surface area (Å²) < 4.78 is 59.4. The molecule has 2 fully saturated rings. The number of allylic oxidation sites excluding steroid dienone is 1. The second kappa shape index (κ2) is 9.14. The van der Waals surface area contributed by atoms with Gasteiger partial charge in [0.25, 0.3) is 0 Å². The summed E-state index contributed by atoms with van der Waals surface area (Å²) >= 11 is 0. The third-order valence-corrected chi connectivity index (χ3v) is 7.23. The van der Waals surface area contributed by atoms with Gasteiger partial charge in [0, 0.05) is 42.1 Å². The highest BCUT2D eigenvalue weighted by Crippen LogP contribution is 2.59. The van der Waals surface area contributed by atoms with E-state index in [1.54, 1.807) is 18.5 Å². The van der Waals surface area contributed by atoms with Gasteiger partial charge < -0.3 is 9.84 Å². The van der Waals surface area contributed by atoms with Gasteiger partial charge in [-0.1, -0.05) is 23.4 Å². The van der Waals surface area contributed by atoms with Crippen molar-refractivity contribution in [1.29, 1.82) is 0 Å². The Morgan fingerprint density at radius 1 is 1.11 bits per heavy atom. The molecule has 196 valence electrons. The van der Waals surface area contributed by atoms with Crippen molar-refractivity contribution in [1.82, 2.24) is 15.1 Å². The Balaban J connectivity index is 1.08. The molecule has 0 unspecified atom stereocenters. The first kappa shape index (κ1) is 24.4. The lowest BCUT2D eigenvalue weighted by atomic mass is 10.0. The molecule has 11 heteroatoms. The average Bonchev–Trinajstić information content (AvgIpc) is 3.80. The predicted octanol–water partition coefficient (Wildman–Crippen LogP) is 5.38. The van der Waals surface area contributed by atoms with Gasteiger partial charge in [-0.2, -0.15) is 13.2 Å². The normalized spacial score (nSPS) is 18.2. The van der Waals surface area contributed by atoms with Crippen molar-refractivity contribution in [3.05, 3.63) is 71.3 Å². The molecule has 0 bridgehead atoms. The Bertz CT molecular complexity index is 1450. The number of carbonyl (C=O) groups excluding carboxylic acids is 1. The average molecular weight is 526 g/mol. The van der Waals surface area contributed by atoms with Crippen LogP contribution in [0.1, 0.15) is 42.8 Å². The van der Waals surface area contributed by atoms with Crippen LogP contribution in [0.15, 0.2) is 57.8 Å². The predicted molar refractivity (Wildman–Crippen MR) is 130 cm³/mol. The fraction of sp³-hybridized carbons (Fsp3) is 0.370. The number of aliphatic imine (C=N–C) groups is 1. The SMILES string of the molecule is O=C(Cc1ccc(-c2cnc(CC3=CCN=C3C3CC3)nc2)cc1F)Nc1cc(C2(C(F)(F)F)CC2)on1. The highest BCUT2D eigenvalue weighted by Gasteiger charge is 2.66. The van der Waals surface area contributed by atoms with Crippen LogP contribution in [0.2, 0.25) is 0 Å². The van der Waals surface area contributed by atoms with Crippen LogP contribution in [0.25, 0.3) is 11.1 Å². The van der Waals surface area contributed by atoms with Crippen molar-refractivity contribution in [2.75, 3.05) is 11.9 Å². The molecule has 1 aliphatic heterocycles. The lowest BCUT2D eigenvalue weighted by Gasteiger charge is -2.14. The first-order valence-electron chi connectivity index (χ1n) is 12.4. The molecule has 0 saturated heterocycles. The lowest BCUT2D eigenvalue weighted by molar-refractivity contribution is -0.165. The van der Waals surface area contributed by atoms with Gasteiger partial charge in [-0.25, -0.2) is 14.4 Å². The van der Waals surface area contributed by atoms with E-state index < -0.39 is 23.3 Å². The highest BCUT2D eigenvalue weighted by atomic mass is 19.4. The molecular weight excluding hydrogens is 502 g/mol. The van der Waals surface area contributed by atoms with Crippen LogP contribution in [-0.2, 0) is 23.1 Å². The van der Waals surface area contributed by atoms with Gasteiger partial charge in [-0.15, -0.1) is 0 Å². The molecule has 0 spiro atoms. The molecule has 0 atom stereocenters. The summed E-state index contributed by atoms with van der Waals surface area (Å²) in [7, 11) is 0. The van der Waals surface area contributed by atoms with Crippen LogP contribution in [-0.4, -0.2) is 39.5 Å². The maximum absolute atomic E-state index is 14.8. The molecule has 38 heavy (non-hydrogen) atoms. The van der Waals surface area contributed by atoms with Gasteiger partial charge in [0.15, 0.2) is 11.6 Å². The Labute approximate surface area is 215 Å². The topological polar surface area (TPSA) is 93.3 Å².